The molecule has 8 heteroatoms. The van der Waals surface area contributed by atoms with Crippen molar-refractivity contribution in [3.63, 3.8) is 0 Å². The van der Waals surface area contributed by atoms with Crippen LogP contribution < -0.4 is 10.0 Å². The molecule has 3 aliphatic rings. The first-order valence-corrected chi connectivity index (χ1v) is 13.7. The molecule has 2 atom stereocenters. The lowest BCUT2D eigenvalue weighted by molar-refractivity contribution is -0.126. The van der Waals surface area contributed by atoms with Crippen molar-refractivity contribution in [1.82, 2.24) is 14.9 Å². The molecule has 1 aliphatic carbocycles. The topological polar surface area (TPSA) is 78.5 Å². The Morgan fingerprint density at radius 2 is 1.66 bits per heavy atom. The quantitative estimate of drug-likeness (QED) is 0.648. The molecule has 2 heterocycles. The smallest absolute Gasteiger partial charge is 0.240 e. The molecular weight excluding hydrogens is 429 g/mol. The third-order valence-corrected chi connectivity index (χ3v) is 9.11. The maximum atomic E-state index is 13.0. The van der Waals surface area contributed by atoms with E-state index in [9.17, 15) is 17.6 Å². The Morgan fingerprint density at radius 3 is 2.41 bits per heavy atom. The summed E-state index contributed by atoms with van der Waals surface area (Å²) in [6, 6.07) is 5.49. The van der Waals surface area contributed by atoms with Crippen molar-refractivity contribution in [3.05, 3.63) is 30.1 Å². The molecule has 1 amide bonds. The number of piperidine rings is 2. The Kier molecular flexibility index (Phi) is 7.84. The van der Waals surface area contributed by atoms with Crippen LogP contribution in [-0.2, 0) is 14.8 Å². The largest absolute Gasteiger partial charge is 0.356 e. The standard InChI is InChI=1S/C24H36FN3O3S/c25-21-10-12-22(13-11-21)32(30,31)27-16-18-6-8-19(9-7-18)24(29)26-17-20-4-3-15-28-14-2-1-5-23(20)28/h10-13,18-20,23,27H,1-9,14-17H2,(H,26,29)/t18?,19?,20-,23+/m1/s1. The first-order valence-electron chi connectivity index (χ1n) is 12.2. The highest BCUT2D eigenvalue weighted by molar-refractivity contribution is 7.89. The van der Waals surface area contributed by atoms with E-state index in [1.165, 1.54) is 57.3 Å². The minimum Gasteiger partial charge on any atom is -0.356 e. The molecule has 2 aliphatic heterocycles. The van der Waals surface area contributed by atoms with Crippen LogP contribution in [0.1, 0.15) is 57.8 Å². The molecule has 0 bridgehead atoms. The van der Waals surface area contributed by atoms with E-state index in [1.807, 2.05) is 0 Å². The number of sulfonamides is 1. The van der Waals surface area contributed by atoms with E-state index in [-0.39, 0.29) is 22.6 Å². The first-order chi connectivity index (χ1) is 15.4. The molecule has 0 unspecified atom stereocenters. The zero-order valence-corrected chi connectivity index (χ0v) is 19.6. The molecule has 4 rings (SSSR count). The number of carbonyl (C=O) groups is 1. The lowest BCUT2D eigenvalue weighted by Crippen LogP contribution is -2.51. The number of rotatable bonds is 7. The summed E-state index contributed by atoms with van der Waals surface area (Å²) in [6.07, 6.45) is 9.59. The fourth-order valence-electron chi connectivity index (χ4n) is 5.74. The van der Waals surface area contributed by atoms with Gasteiger partial charge in [0.15, 0.2) is 0 Å². The third-order valence-electron chi connectivity index (χ3n) is 7.67. The van der Waals surface area contributed by atoms with Crippen LogP contribution in [-0.4, -0.2) is 51.4 Å². The highest BCUT2D eigenvalue weighted by atomic mass is 32.2. The van der Waals surface area contributed by atoms with Crippen LogP contribution in [0.3, 0.4) is 0 Å². The van der Waals surface area contributed by atoms with E-state index in [0.29, 0.717) is 18.5 Å². The third kappa shape index (κ3) is 5.88. The Labute approximate surface area is 191 Å². The van der Waals surface area contributed by atoms with E-state index in [4.69, 9.17) is 0 Å². The molecule has 0 aromatic heterocycles. The summed E-state index contributed by atoms with van der Waals surface area (Å²) in [6.45, 7) is 3.57. The number of halogens is 1. The summed E-state index contributed by atoms with van der Waals surface area (Å²) >= 11 is 0. The Morgan fingerprint density at radius 1 is 0.938 bits per heavy atom. The van der Waals surface area contributed by atoms with Crippen molar-refractivity contribution in [2.24, 2.45) is 17.8 Å². The Balaban J connectivity index is 1.19. The van der Waals surface area contributed by atoms with Gasteiger partial charge in [-0.3, -0.25) is 4.79 Å². The van der Waals surface area contributed by atoms with Crippen molar-refractivity contribution in [3.8, 4) is 0 Å². The molecule has 3 fully saturated rings. The van der Waals surface area contributed by atoms with Gasteiger partial charge in [0.05, 0.1) is 4.90 Å². The second-order valence-electron chi connectivity index (χ2n) is 9.77. The average Bonchev–Trinajstić information content (AvgIpc) is 2.82. The first kappa shape index (κ1) is 23.6. The molecule has 32 heavy (non-hydrogen) atoms. The number of carbonyl (C=O) groups excluding carboxylic acids is 1. The predicted octanol–water partition coefficient (Wildman–Crippen LogP) is 3.29. The molecule has 0 spiro atoms. The Hall–Kier alpha value is -1.51. The lowest BCUT2D eigenvalue weighted by atomic mass is 9.81. The SMILES string of the molecule is O=C(NC[C@H]1CCCN2CCCC[C@@H]12)C1CCC(CNS(=O)(=O)c2ccc(F)cc2)CC1. The van der Waals surface area contributed by atoms with Gasteiger partial charge >= 0.3 is 0 Å². The fourth-order valence-corrected chi connectivity index (χ4v) is 6.86. The van der Waals surface area contributed by atoms with Gasteiger partial charge < -0.3 is 10.2 Å². The maximum Gasteiger partial charge on any atom is 0.240 e. The van der Waals surface area contributed by atoms with Gasteiger partial charge in [0.25, 0.3) is 0 Å². The van der Waals surface area contributed by atoms with Crippen molar-refractivity contribution >= 4 is 15.9 Å². The molecule has 2 saturated heterocycles. The van der Waals surface area contributed by atoms with Crippen LogP contribution in [0.15, 0.2) is 29.2 Å². The van der Waals surface area contributed by atoms with Gasteiger partial charge in [0.1, 0.15) is 5.82 Å². The minimum absolute atomic E-state index is 0.0333. The molecule has 2 N–H and O–H groups in total. The number of hydrogen-bond donors (Lipinski definition) is 2. The van der Waals surface area contributed by atoms with Crippen molar-refractivity contribution in [2.45, 2.75) is 68.7 Å². The molecule has 1 saturated carbocycles. The fraction of sp³-hybridized carbons (Fsp3) is 0.708. The number of hydrogen-bond acceptors (Lipinski definition) is 4. The molecular formula is C24H36FN3O3S. The van der Waals surface area contributed by atoms with Crippen LogP contribution in [0.25, 0.3) is 0 Å². The van der Waals surface area contributed by atoms with Gasteiger partial charge in [-0.2, -0.15) is 0 Å². The summed E-state index contributed by atoms with van der Waals surface area (Å²) in [5.74, 6) is 0.544. The van der Waals surface area contributed by atoms with Gasteiger partial charge in [0.2, 0.25) is 15.9 Å². The van der Waals surface area contributed by atoms with Crippen molar-refractivity contribution < 1.29 is 17.6 Å². The van der Waals surface area contributed by atoms with Gasteiger partial charge in [-0.15, -0.1) is 0 Å². The second-order valence-corrected chi connectivity index (χ2v) is 11.5. The maximum absolute atomic E-state index is 13.0. The van der Waals surface area contributed by atoms with Crippen LogP contribution >= 0.6 is 0 Å². The molecule has 0 radical (unpaired) electrons. The molecule has 6 nitrogen and oxygen atoms in total. The van der Waals surface area contributed by atoms with Crippen molar-refractivity contribution in [1.29, 1.82) is 0 Å². The highest BCUT2D eigenvalue weighted by Gasteiger charge is 2.34. The highest BCUT2D eigenvalue weighted by Crippen LogP contribution is 2.32. The van der Waals surface area contributed by atoms with Crippen LogP contribution in [0, 0.1) is 23.6 Å². The molecule has 1 aromatic rings. The van der Waals surface area contributed by atoms with Crippen LogP contribution in [0.4, 0.5) is 4.39 Å². The van der Waals surface area contributed by atoms with Gasteiger partial charge in [0, 0.05) is 25.0 Å². The monoisotopic (exact) mass is 465 g/mol. The van der Waals surface area contributed by atoms with Gasteiger partial charge in [-0.1, -0.05) is 6.42 Å². The molecule has 1 aromatic carbocycles. The normalized spacial score (nSPS) is 29.3. The van der Waals surface area contributed by atoms with E-state index in [2.05, 4.69) is 14.9 Å². The van der Waals surface area contributed by atoms with E-state index in [1.54, 1.807) is 0 Å². The van der Waals surface area contributed by atoms with Crippen LogP contribution in [0.2, 0.25) is 0 Å². The number of benzene rings is 1. The van der Waals surface area contributed by atoms with Crippen molar-refractivity contribution in [2.75, 3.05) is 26.2 Å². The average molecular weight is 466 g/mol. The number of amides is 1. The zero-order chi connectivity index (χ0) is 22.6. The van der Waals surface area contributed by atoms with E-state index < -0.39 is 15.8 Å². The number of nitrogens with zero attached hydrogens (tertiary/aromatic N) is 1. The Bertz CT molecular complexity index is 867. The zero-order valence-electron chi connectivity index (χ0n) is 18.8. The summed E-state index contributed by atoms with van der Waals surface area (Å²) in [7, 11) is -3.64. The summed E-state index contributed by atoms with van der Waals surface area (Å²) in [4.78, 5) is 15.5. The summed E-state index contributed by atoms with van der Waals surface area (Å²) < 4.78 is 40.5. The molecule has 178 valence electrons. The van der Waals surface area contributed by atoms with Crippen LogP contribution in [0.5, 0.6) is 0 Å². The lowest BCUT2D eigenvalue weighted by Gasteiger charge is -2.44. The minimum atomic E-state index is -3.64. The predicted molar refractivity (Wildman–Crippen MR) is 122 cm³/mol. The number of fused-ring (bicyclic) bond motifs is 1. The summed E-state index contributed by atoms with van der Waals surface area (Å²) in [5.41, 5.74) is 0. The van der Waals surface area contributed by atoms with Gasteiger partial charge in [-0.05, 0) is 101 Å². The number of nitrogens with one attached hydrogen (secondary N) is 2. The summed E-state index contributed by atoms with van der Waals surface area (Å²) in [5, 5.41) is 3.24. The van der Waals surface area contributed by atoms with E-state index in [0.717, 1.165) is 44.4 Å². The second kappa shape index (κ2) is 10.6. The van der Waals surface area contributed by atoms with Gasteiger partial charge in [-0.25, -0.2) is 17.5 Å². The van der Waals surface area contributed by atoms with E-state index >= 15 is 0 Å².